The van der Waals surface area contributed by atoms with Crippen molar-refractivity contribution in [3.8, 4) is 5.75 Å². The van der Waals surface area contributed by atoms with Crippen molar-refractivity contribution >= 4 is 12.0 Å². The second-order valence-electron chi connectivity index (χ2n) is 9.30. The molecule has 4 rings (SSSR count). The van der Waals surface area contributed by atoms with Crippen molar-refractivity contribution in [2.75, 3.05) is 13.2 Å². The van der Waals surface area contributed by atoms with Crippen LogP contribution in [-0.4, -0.2) is 42.2 Å². The Balaban J connectivity index is 1.68. The molecule has 1 aliphatic carbocycles. The predicted molar refractivity (Wildman–Crippen MR) is 132 cm³/mol. The third-order valence-electron chi connectivity index (χ3n) is 6.38. The second-order valence-corrected chi connectivity index (χ2v) is 9.30. The Morgan fingerprint density at radius 2 is 1.89 bits per heavy atom. The highest BCUT2D eigenvalue weighted by molar-refractivity contribution is 5.95. The molecule has 0 radical (unpaired) electrons. The van der Waals surface area contributed by atoms with Gasteiger partial charge in [-0.1, -0.05) is 25.0 Å². The second kappa shape index (κ2) is 11.4. The lowest BCUT2D eigenvalue weighted by Crippen LogP contribution is -2.49. The van der Waals surface area contributed by atoms with E-state index >= 15 is 0 Å². The van der Waals surface area contributed by atoms with E-state index in [4.69, 9.17) is 13.9 Å². The van der Waals surface area contributed by atoms with Gasteiger partial charge in [-0.15, -0.1) is 0 Å². The van der Waals surface area contributed by atoms with E-state index in [0.717, 1.165) is 29.9 Å². The molecule has 1 unspecified atom stereocenters. The normalized spacial score (nSPS) is 18.7. The quantitative estimate of drug-likeness (QED) is 0.479. The Labute approximate surface area is 206 Å². The van der Waals surface area contributed by atoms with Crippen molar-refractivity contribution in [1.29, 1.82) is 0 Å². The lowest BCUT2D eigenvalue weighted by atomic mass is 9.94. The molecule has 1 fully saturated rings. The summed E-state index contributed by atoms with van der Waals surface area (Å²) in [5.41, 5.74) is 1.78. The molecular weight excluding hydrogens is 446 g/mol. The Morgan fingerprint density at radius 3 is 2.51 bits per heavy atom. The zero-order chi connectivity index (χ0) is 24.8. The molecule has 2 heterocycles. The molecule has 2 aromatic rings. The lowest BCUT2D eigenvalue weighted by molar-refractivity contribution is -0.139. The molecule has 8 nitrogen and oxygen atoms in total. The summed E-state index contributed by atoms with van der Waals surface area (Å²) in [6.07, 6.45) is 6.22. The maximum absolute atomic E-state index is 13.2. The van der Waals surface area contributed by atoms with Crippen LogP contribution in [0, 0.1) is 0 Å². The number of nitrogens with zero attached hydrogens (tertiary/aromatic N) is 1. The Bertz CT molecular complexity index is 1020. The molecule has 1 aliphatic heterocycles. The number of furan rings is 1. The zero-order valence-corrected chi connectivity index (χ0v) is 20.7. The monoisotopic (exact) mass is 481 g/mol. The van der Waals surface area contributed by atoms with Gasteiger partial charge in [0, 0.05) is 18.3 Å². The Hall–Kier alpha value is -3.26. The molecule has 1 aromatic carbocycles. The molecule has 0 spiro atoms. The first-order chi connectivity index (χ1) is 16.9. The Morgan fingerprint density at radius 1 is 1.14 bits per heavy atom. The van der Waals surface area contributed by atoms with Crippen molar-refractivity contribution in [2.45, 2.75) is 71.2 Å². The van der Waals surface area contributed by atoms with Crippen molar-refractivity contribution in [2.24, 2.45) is 0 Å². The van der Waals surface area contributed by atoms with Crippen molar-refractivity contribution in [3.63, 3.8) is 0 Å². The fourth-order valence-electron chi connectivity index (χ4n) is 4.84. The summed E-state index contributed by atoms with van der Waals surface area (Å²) in [6, 6.07) is 10.7. The molecule has 0 saturated heterocycles. The van der Waals surface area contributed by atoms with Crippen LogP contribution in [0.1, 0.15) is 63.8 Å². The minimum Gasteiger partial charge on any atom is -0.491 e. The SMILES string of the molecule is CCOC(=O)C1=C(CN(Cc2ccco2)C2CCCC2)NC(=O)NC1c1ccc(OC(C)C)cc1. The summed E-state index contributed by atoms with van der Waals surface area (Å²) in [5.74, 6) is 1.15. The summed E-state index contributed by atoms with van der Waals surface area (Å²) in [7, 11) is 0. The third kappa shape index (κ3) is 6.25. The van der Waals surface area contributed by atoms with Gasteiger partial charge in [-0.2, -0.15) is 0 Å². The van der Waals surface area contributed by atoms with E-state index in [2.05, 4.69) is 15.5 Å². The van der Waals surface area contributed by atoms with E-state index in [9.17, 15) is 9.59 Å². The number of amides is 2. The number of esters is 1. The number of benzene rings is 1. The highest BCUT2D eigenvalue weighted by Crippen LogP contribution is 2.32. The molecule has 1 atom stereocenters. The van der Waals surface area contributed by atoms with Crippen LogP contribution in [0.25, 0.3) is 0 Å². The van der Waals surface area contributed by atoms with Gasteiger partial charge >= 0.3 is 12.0 Å². The van der Waals surface area contributed by atoms with Crippen LogP contribution in [0.15, 0.2) is 58.3 Å². The summed E-state index contributed by atoms with van der Waals surface area (Å²) >= 11 is 0. The number of hydrogen-bond acceptors (Lipinski definition) is 6. The molecule has 2 amide bonds. The van der Waals surface area contributed by atoms with Gasteiger partial charge in [-0.25, -0.2) is 9.59 Å². The van der Waals surface area contributed by atoms with Gasteiger partial charge in [0.15, 0.2) is 0 Å². The van der Waals surface area contributed by atoms with Gasteiger partial charge in [0.2, 0.25) is 0 Å². The third-order valence-corrected chi connectivity index (χ3v) is 6.38. The maximum Gasteiger partial charge on any atom is 0.338 e. The van der Waals surface area contributed by atoms with E-state index in [0.29, 0.717) is 30.4 Å². The fraction of sp³-hybridized carbons (Fsp3) is 0.481. The van der Waals surface area contributed by atoms with Crippen LogP contribution in [0.2, 0.25) is 0 Å². The molecule has 1 saturated carbocycles. The van der Waals surface area contributed by atoms with Crippen molar-refractivity contribution in [1.82, 2.24) is 15.5 Å². The molecule has 8 heteroatoms. The molecule has 188 valence electrons. The Kier molecular flexibility index (Phi) is 8.13. The van der Waals surface area contributed by atoms with Crippen LogP contribution in [-0.2, 0) is 16.1 Å². The lowest BCUT2D eigenvalue weighted by Gasteiger charge is -2.34. The van der Waals surface area contributed by atoms with Gasteiger partial charge in [-0.05, 0) is 63.4 Å². The van der Waals surface area contributed by atoms with E-state index in [1.807, 2.05) is 50.2 Å². The number of ether oxygens (including phenoxy) is 2. The zero-order valence-electron chi connectivity index (χ0n) is 20.7. The van der Waals surface area contributed by atoms with Crippen LogP contribution >= 0.6 is 0 Å². The van der Waals surface area contributed by atoms with E-state index in [1.165, 1.54) is 12.8 Å². The number of hydrogen-bond donors (Lipinski definition) is 2. The molecule has 2 aliphatic rings. The molecule has 35 heavy (non-hydrogen) atoms. The van der Waals surface area contributed by atoms with Gasteiger partial charge in [0.1, 0.15) is 11.5 Å². The standard InChI is InChI=1S/C27H35N3O5/c1-4-33-26(31)24-23(17-30(20-8-5-6-9-20)16-22-10-7-15-34-22)28-27(32)29-25(24)19-11-13-21(14-12-19)35-18(2)3/h7,10-15,18,20,25H,4-6,8-9,16-17H2,1-3H3,(H2,28,29,32). The molecule has 2 N–H and O–H groups in total. The average Bonchev–Trinajstić information content (AvgIpc) is 3.53. The van der Waals surface area contributed by atoms with Crippen LogP contribution in [0.5, 0.6) is 5.75 Å². The maximum atomic E-state index is 13.2. The smallest absolute Gasteiger partial charge is 0.338 e. The molecule has 0 bridgehead atoms. The van der Waals surface area contributed by atoms with Crippen molar-refractivity contribution < 1.29 is 23.5 Å². The minimum absolute atomic E-state index is 0.0526. The minimum atomic E-state index is -0.625. The van der Waals surface area contributed by atoms with E-state index < -0.39 is 12.0 Å². The first-order valence-electron chi connectivity index (χ1n) is 12.4. The summed E-state index contributed by atoms with van der Waals surface area (Å²) in [4.78, 5) is 28.2. The summed E-state index contributed by atoms with van der Waals surface area (Å²) < 4.78 is 16.8. The highest BCUT2D eigenvalue weighted by Gasteiger charge is 2.35. The van der Waals surface area contributed by atoms with E-state index in [-0.39, 0.29) is 18.7 Å². The van der Waals surface area contributed by atoms with Crippen molar-refractivity contribution in [3.05, 3.63) is 65.3 Å². The molecule has 1 aromatic heterocycles. The first kappa shape index (κ1) is 24.9. The molecular formula is C27H35N3O5. The average molecular weight is 482 g/mol. The van der Waals surface area contributed by atoms with Crippen LogP contribution < -0.4 is 15.4 Å². The van der Waals surface area contributed by atoms with Gasteiger partial charge in [-0.3, -0.25) is 4.90 Å². The fourth-order valence-corrected chi connectivity index (χ4v) is 4.84. The van der Waals surface area contributed by atoms with Gasteiger partial charge < -0.3 is 24.5 Å². The highest BCUT2D eigenvalue weighted by atomic mass is 16.5. The largest absolute Gasteiger partial charge is 0.491 e. The van der Waals surface area contributed by atoms with E-state index in [1.54, 1.807) is 13.2 Å². The topological polar surface area (TPSA) is 93.0 Å². The van der Waals surface area contributed by atoms with Crippen LogP contribution in [0.3, 0.4) is 0 Å². The number of rotatable bonds is 10. The number of carbonyl (C=O) groups excluding carboxylic acids is 2. The summed E-state index contributed by atoms with van der Waals surface area (Å²) in [5, 5.41) is 5.82. The van der Waals surface area contributed by atoms with Gasteiger partial charge in [0.05, 0.1) is 37.1 Å². The predicted octanol–water partition coefficient (Wildman–Crippen LogP) is 4.68. The van der Waals surface area contributed by atoms with Gasteiger partial charge in [0.25, 0.3) is 0 Å². The number of urea groups is 1. The summed E-state index contributed by atoms with van der Waals surface area (Å²) in [6.45, 7) is 6.98. The van der Waals surface area contributed by atoms with Crippen LogP contribution in [0.4, 0.5) is 4.79 Å². The first-order valence-corrected chi connectivity index (χ1v) is 12.4. The number of carbonyl (C=O) groups is 2. The number of nitrogens with one attached hydrogen (secondary N) is 2.